The van der Waals surface area contributed by atoms with Gasteiger partial charge in [0.15, 0.2) is 5.78 Å². The molecule has 0 bridgehead atoms. The van der Waals surface area contributed by atoms with Gasteiger partial charge in [0.25, 0.3) is 5.56 Å². The highest BCUT2D eigenvalue weighted by atomic mass is 32.1. The van der Waals surface area contributed by atoms with E-state index in [0.717, 1.165) is 15.9 Å². The molecule has 1 fully saturated rings. The van der Waals surface area contributed by atoms with Gasteiger partial charge >= 0.3 is 5.69 Å². The molecule has 0 radical (unpaired) electrons. The van der Waals surface area contributed by atoms with Crippen LogP contribution in [-0.2, 0) is 11.3 Å². The summed E-state index contributed by atoms with van der Waals surface area (Å²) in [7, 11) is 1.46. The first kappa shape index (κ1) is 21.8. The number of amides is 1. The number of methoxy groups -OCH3 is 1. The molecule has 174 valence electrons. The summed E-state index contributed by atoms with van der Waals surface area (Å²) in [5.41, 5.74) is -0.422. The number of para-hydroxylation sites is 1. The van der Waals surface area contributed by atoms with Crippen molar-refractivity contribution < 1.29 is 14.3 Å². The van der Waals surface area contributed by atoms with Gasteiger partial charge < -0.3 is 10.1 Å². The molecule has 1 N–H and O–H groups in total. The molecule has 1 saturated heterocycles. The summed E-state index contributed by atoms with van der Waals surface area (Å²) in [5, 5.41) is 11.7. The van der Waals surface area contributed by atoms with E-state index in [4.69, 9.17) is 4.74 Å². The van der Waals surface area contributed by atoms with Gasteiger partial charge in [-0.25, -0.2) is 9.36 Å². The van der Waals surface area contributed by atoms with Crippen molar-refractivity contribution in [2.75, 3.05) is 13.7 Å². The van der Waals surface area contributed by atoms with Crippen LogP contribution in [-0.4, -0.2) is 49.5 Å². The Morgan fingerprint density at radius 2 is 1.94 bits per heavy atom. The van der Waals surface area contributed by atoms with Crippen LogP contribution in [0.1, 0.15) is 28.4 Å². The number of ether oxygens (including phenoxy) is 1. The van der Waals surface area contributed by atoms with Gasteiger partial charge in [-0.3, -0.25) is 19.0 Å². The number of carbonyl (C=O) groups excluding carboxylic acids is 2. The van der Waals surface area contributed by atoms with E-state index in [1.807, 2.05) is 0 Å². The van der Waals surface area contributed by atoms with E-state index in [-0.39, 0.29) is 17.7 Å². The normalized spacial score (nSPS) is 15.6. The zero-order valence-electron chi connectivity index (χ0n) is 18.3. The number of aryl methyl sites for hydroxylation is 1. The van der Waals surface area contributed by atoms with Crippen LogP contribution in [0.2, 0.25) is 0 Å². The predicted molar refractivity (Wildman–Crippen MR) is 124 cm³/mol. The lowest BCUT2D eigenvalue weighted by Crippen LogP contribution is -2.44. The monoisotopic (exact) mass is 480 g/mol. The number of hydrogen-bond donors (Lipinski definition) is 1. The van der Waals surface area contributed by atoms with Crippen LogP contribution in [0, 0.1) is 6.92 Å². The van der Waals surface area contributed by atoms with Gasteiger partial charge in [-0.2, -0.15) is 10.2 Å². The largest absolute Gasteiger partial charge is 0.496 e. The summed E-state index contributed by atoms with van der Waals surface area (Å²) in [6, 6.07) is 5.77. The summed E-state index contributed by atoms with van der Waals surface area (Å²) >= 11 is 1.14. The van der Waals surface area contributed by atoms with Gasteiger partial charge in [0.2, 0.25) is 5.91 Å². The molecule has 1 amide bonds. The Labute approximate surface area is 196 Å². The van der Waals surface area contributed by atoms with Crippen molar-refractivity contribution in [1.82, 2.24) is 29.4 Å². The molecule has 1 atom stereocenters. The fraction of sp³-hybridized carbons (Fsp3) is 0.273. The van der Waals surface area contributed by atoms with Gasteiger partial charge in [-0.15, -0.1) is 4.80 Å². The standard InChI is InChI=1S/C22H20N6O5S/c1-12-17-19(31)27(14-7-8-23-18(14)30)22(32)26(21(17)34-20(12)28-24-9-10-25-28)11-15(29)13-5-3-4-6-16(13)33-2/h3-6,9-10,14H,7-8,11H2,1-2H3,(H,23,30)/t14-/m1/s1. The highest BCUT2D eigenvalue weighted by Gasteiger charge is 2.32. The molecule has 5 rings (SSSR count). The number of nitrogens with one attached hydrogen (secondary N) is 1. The molecule has 3 aromatic heterocycles. The fourth-order valence-corrected chi connectivity index (χ4v) is 5.42. The zero-order valence-corrected chi connectivity index (χ0v) is 19.2. The average molecular weight is 481 g/mol. The second-order valence-corrected chi connectivity index (χ2v) is 8.77. The summed E-state index contributed by atoms with van der Waals surface area (Å²) in [6.45, 7) is 1.75. The van der Waals surface area contributed by atoms with E-state index in [1.54, 1.807) is 31.2 Å². The van der Waals surface area contributed by atoms with E-state index in [2.05, 4.69) is 15.5 Å². The predicted octanol–water partition coefficient (Wildman–Crippen LogP) is 1.07. The smallest absolute Gasteiger partial charge is 0.333 e. The Balaban J connectivity index is 1.76. The van der Waals surface area contributed by atoms with Crippen LogP contribution >= 0.6 is 11.3 Å². The third-order valence-corrected chi connectivity index (χ3v) is 7.14. The minimum Gasteiger partial charge on any atom is -0.496 e. The maximum absolute atomic E-state index is 13.6. The first-order chi connectivity index (χ1) is 16.4. The van der Waals surface area contributed by atoms with E-state index in [0.29, 0.717) is 39.7 Å². The Morgan fingerprint density at radius 3 is 2.62 bits per heavy atom. The molecule has 1 aromatic carbocycles. The molecule has 34 heavy (non-hydrogen) atoms. The lowest BCUT2D eigenvalue weighted by molar-refractivity contribution is -0.122. The summed E-state index contributed by atoms with van der Waals surface area (Å²) < 4.78 is 7.51. The summed E-state index contributed by atoms with van der Waals surface area (Å²) in [5.74, 6) is -0.390. The number of fused-ring (bicyclic) bond motifs is 1. The lowest BCUT2D eigenvalue weighted by Gasteiger charge is -2.15. The average Bonchev–Trinajstić information content (AvgIpc) is 3.58. The molecule has 0 unspecified atom stereocenters. The zero-order chi connectivity index (χ0) is 24.0. The number of hydrogen-bond acceptors (Lipinski definition) is 8. The first-order valence-electron chi connectivity index (χ1n) is 10.5. The van der Waals surface area contributed by atoms with Crippen molar-refractivity contribution in [3.63, 3.8) is 0 Å². The van der Waals surface area contributed by atoms with Crippen molar-refractivity contribution in [1.29, 1.82) is 0 Å². The third-order valence-electron chi connectivity index (χ3n) is 5.86. The topological polar surface area (TPSA) is 130 Å². The van der Waals surface area contributed by atoms with E-state index < -0.39 is 23.2 Å². The number of Topliss-reactive ketones (excluding diaryl/α,β-unsaturated/α-hetero) is 1. The van der Waals surface area contributed by atoms with Crippen LogP contribution in [0.3, 0.4) is 0 Å². The summed E-state index contributed by atoms with van der Waals surface area (Å²) in [6.07, 6.45) is 3.31. The molecule has 0 aliphatic carbocycles. The van der Waals surface area contributed by atoms with Crippen molar-refractivity contribution in [3.8, 4) is 10.8 Å². The third kappa shape index (κ3) is 3.34. The van der Waals surface area contributed by atoms with Crippen LogP contribution < -0.4 is 21.3 Å². The van der Waals surface area contributed by atoms with Crippen LogP contribution in [0.15, 0.2) is 46.2 Å². The maximum atomic E-state index is 13.6. The molecule has 4 aromatic rings. The van der Waals surface area contributed by atoms with Gasteiger partial charge in [0, 0.05) is 12.1 Å². The second-order valence-electron chi connectivity index (χ2n) is 7.79. The van der Waals surface area contributed by atoms with Crippen LogP contribution in [0.4, 0.5) is 0 Å². The summed E-state index contributed by atoms with van der Waals surface area (Å²) in [4.78, 5) is 54.5. The molecule has 12 heteroatoms. The Hall–Kier alpha value is -4.06. The van der Waals surface area contributed by atoms with Crippen molar-refractivity contribution >= 4 is 33.2 Å². The number of nitrogens with zero attached hydrogens (tertiary/aromatic N) is 5. The van der Waals surface area contributed by atoms with Crippen molar-refractivity contribution in [2.45, 2.75) is 25.9 Å². The molecule has 0 spiro atoms. The van der Waals surface area contributed by atoms with Crippen molar-refractivity contribution in [2.24, 2.45) is 0 Å². The molecule has 0 saturated carbocycles. The molecule has 1 aliphatic rings. The van der Waals surface area contributed by atoms with Crippen LogP contribution in [0.25, 0.3) is 15.2 Å². The highest BCUT2D eigenvalue weighted by Crippen LogP contribution is 2.31. The van der Waals surface area contributed by atoms with Gasteiger partial charge in [0.05, 0.1) is 37.0 Å². The molecular weight excluding hydrogens is 460 g/mol. The first-order valence-corrected chi connectivity index (χ1v) is 11.3. The number of aromatic nitrogens is 5. The van der Waals surface area contributed by atoms with Gasteiger partial charge in [0.1, 0.15) is 21.6 Å². The van der Waals surface area contributed by atoms with Crippen molar-refractivity contribution in [3.05, 3.63) is 68.6 Å². The number of thiophene rings is 1. The fourth-order valence-electron chi connectivity index (χ4n) is 4.21. The Kier molecular flexibility index (Phi) is 5.36. The Morgan fingerprint density at radius 1 is 1.21 bits per heavy atom. The minimum atomic E-state index is -0.942. The van der Waals surface area contributed by atoms with E-state index >= 15 is 0 Å². The molecule has 11 nitrogen and oxygen atoms in total. The second kappa shape index (κ2) is 8.37. The molecular formula is C22H20N6O5S. The molecule has 4 heterocycles. The van der Waals surface area contributed by atoms with E-state index in [1.165, 1.54) is 28.9 Å². The van der Waals surface area contributed by atoms with Gasteiger partial charge in [-0.05, 0) is 25.5 Å². The maximum Gasteiger partial charge on any atom is 0.333 e. The number of ketones is 1. The van der Waals surface area contributed by atoms with E-state index in [9.17, 15) is 19.2 Å². The number of rotatable bonds is 6. The quantitative estimate of drug-likeness (QED) is 0.409. The minimum absolute atomic E-state index is 0.254. The van der Waals surface area contributed by atoms with Crippen LogP contribution in [0.5, 0.6) is 5.75 Å². The SMILES string of the molecule is COc1ccccc1C(=O)Cn1c(=O)n([C@@H]2CCNC2=O)c(=O)c2c(C)c(-n3nccn3)sc21. The number of carbonyl (C=O) groups is 2. The molecule has 1 aliphatic heterocycles. The Bertz CT molecular complexity index is 1550. The number of benzene rings is 1. The lowest BCUT2D eigenvalue weighted by atomic mass is 10.1. The van der Waals surface area contributed by atoms with Gasteiger partial charge in [-0.1, -0.05) is 23.5 Å². The highest BCUT2D eigenvalue weighted by molar-refractivity contribution is 7.21.